The summed E-state index contributed by atoms with van der Waals surface area (Å²) in [6, 6.07) is 9.94. The Labute approximate surface area is 122 Å². The zero-order chi connectivity index (χ0) is 13.9. The molecule has 0 aliphatic carbocycles. The van der Waals surface area contributed by atoms with Gasteiger partial charge in [-0.3, -0.25) is 4.98 Å². The highest BCUT2D eigenvalue weighted by atomic mass is 35.5. The van der Waals surface area contributed by atoms with E-state index in [0.717, 1.165) is 34.1 Å². The third-order valence-electron chi connectivity index (χ3n) is 3.25. The van der Waals surface area contributed by atoms with Gasteiger partial charge in [0.05, 0.1) is 6.54 Å². The van der Waals surface area contributed by atoms with Crippen LogP contribution >= 0.6 is 11.6 Å². The normalized spacial score (nSPS) is 10.7. The van der Waals surface area contributed by atoms with Crippen molar-refractivity contribution in [3.63, 3.8) is 0 Å². The van der Waals surface area contributed by atoms with Crippen molar-refractivity contribution in [2.75, 3.05) is 0 Å². The smallest absolute Gasteiger partial charge is 0.105 e. The lowest BCUT2D eigenvalue weighted by Gasteiger charge is -2.07. The van der Waals surface area contributed by atoms with Crippen molar-refractivity contribution in [3.05, 3.63) is 71.5 Å². The average Bonchev–Trinajstić information content (AvgIpc) is 2.85. The van der Waals surface area contributed by atoms with E-state index in [2.05, 4.69) is 20.6 Å². The third kappa shape index (κ3) is 2.73. The Kier molecular flexibility index (Phi) is 3.52. The maximum absolute atomic E-state index is 5.92. The number of hydrogen-bond donors (Lipinski definition) is 0. The molecule has 3 nitrogen and oxygen atoms in total. The van der Waals surface area contributed by atoms with Gasteiger partial charge in [-0.2, -0.15) is 0 Å². The van der Waals surface area contributed by atoms with Crippen LogP contribution in [0.5, 0.6) is 0 Å². The molecule has 20 heavy (non-hydrogen) atoms. The van der Waals surface area contributed by atoms with Gasteiger partial charge in [0.15, 0.2) is 0 Å². The van der Waals surface area contributed by atoms with Gasteiger partial charge in [0, 0.05) is 35.4 Å². The molecule has 2 aromatic heterocycles. The van der Waals surface area contributed by atoms with Gasteiger partial charge < -0.3 is 4.57 Å². The molecule has 0 spiro atoms. The van der Waals surface area contributed by atoms with Crippen molar-refractivity contribution in [1.82, 2.24) is 14.5 Å². The first-order chi connectivity index (χ1) is 9.72. The maximum Gasteiger partial charge on any atom is 0.105 e. The van der Waals surface area contributed by atoms with Crippen LogP contribution in [0.2, 0.25) is 5.02 Å². The maximum atomic E-state index is 5.92. The monoisotopic (exact) mass is 283 g/mol. The highest BCUT2D eigenvalue weighted by Crippen LogP contribution is 2.22. The van der Waals surface area contributed by atoms with Crippen LogP contribution in [0.4, 0.5) is 0 Å². The molecule has 0 saturated heterocycles. The molecule has 0 amide bonds. The molecule has 0 atom stereocenters. The van der Waals surface area contributed by atoms with E-state index in [1.54, 1.807) is 0 Å². The predicted molar refractivity (Wildman–Crippen MR) is 80.7 cm³/mol. The van der Waals surface area contributed by atoms with E-state index in [0.29, 0.717) is 0 Å². The highest BCUT2D eigenvalue weighted by molar-refractivity contribution is 6.30. The lowest BCUT2D eigenvalue weighted by Crippen LogP contribution is -2.01. The van der Waals surface area contributed by atoms with Crippen LogP contribution in [0.25, 0.3) is 11.1 Å². The first-order valence-electron chi connectivity index (χ1n) is 6.40. The van der Waals surface area contributed by atoms with E-state index in [9.17, 15) is 0 Å². The summed E-state index contributed by atoms with van der Waals surface area (Å²) in [6.45, 7) is 2.77. The number of aryl methyl sites for hydroxylation is 1. The molecule has 0 N–H and O–H groups in total. The quantitative estimate of drug-likeness (QED) is 0.728. The van der Waals surface area contributed by atoms with Gasteiger partial charge in [-0.25, -0.2) is 4.98 Å². The topological polar surface area (TPSA) is 30.7 Å². The molecule has 0 bridgehead atoms. The second kappa shape index (κ2) is 5.47. The number of rotatable bonds is 3. The van der Waals surface area contributed by atoms with Gasteiger partial charge in [-0.15, -0.1) is 0 Å². The largest absolute Gasteiger partial charge is 0.331 e. The van der Waals surface area contributed by atoms with Crippen LogP contribution in [-0.4, -0.2) is 14.5 Å². The number of imidazole rings is 1. The van der Waals surface area contributed by atoms with Crippen LogP contribution in [-0.2, 0) is 6.54 Å². The minimum atomic E-state index is 0.743. The van der Waals surface area contributed by atoms with Crippen molar-refractivity contribution < 1.29 is 0 Å². The van der Waals surface area contributed by atoms with Gasteiger partial charge in [0.1, 0.15) is 5.82 Å². The van der Waals surface area contributed by atoms with Crippen LogP contribution in [0.3, 0.4) is 0 Å². The summed E-state index contributed by atoms with van der Waals surface area (Å²) in [4.78, 5) is 8.56. The van der Waals surface area contributed by atoms with E-state index in [1.165, 1.54) is 0 Å². The van der Waals surface area contributed by atoms with Crippen molar-refractivity contribution in [2.45, 2.75) is 13.5 Å². The molecule has 4 heteroatoms. The molecule has 0 saturated carbocycles. The molecule has 0 aliphatic heterocycles. The summed E-state index contributed by atoms with van der Waals surface area (Å²) in [5, 5.41) is 0.743. The lowest BCUT2D eigenvalue weighted by atomic mass is 10.1. The number of aromatic nitrogens is 3. The summed E-state index contributed by atoms with van der Waals surface area (Å²) in [5.41, 5.74) is 3.36. The molecule has 0 aliphatic rings. The second-order valence-electron chi connectivity index (χ2n) is 4.69. The summed E-state index contributed by atoms with van der Waals surface area (Å²) >= 11 is 5.92. The molecule has 3 aromatic rings. The highest BCUT2D eigenvalue weighted by Gasteiger charge is 2.03. The number of halogens is 1. The second-order valence-corrected chi connectivity index (χ2v) is 5.13. The number of benzene rings is 1. The van der Waals surface area contributed by atoms with E-state index in [1.807, 2.05) is 56.0 Å². The van der Waals surface area contributed by atoms with Crippen molar-refractivity contribution in [3.8, 4) is 11.1 Å². The van der Waals surface area contributed by atoms with Crippen molar-refractivity contribution in [1.29, 1.82) is 0 Å². The van der Waals surface area contributed by atoms with Gasteiger partial charge in [0.2, 0.25) is 0 Å². The first kappa shape index (κ1) is 12.9. The zero-order valence-corrected chi connectivity index (χ0v) is 11.9. The van der Waals surface area contributed by atoms with Gasteiger partial charge in [0.25, 0.3) is 0 Å². The Morgan fingerprint density at radius 2 is 1.90 bits per heavy atom. The van der Waals surface area contributed by atoms with Gasteiger partial charge in [-0.05, 0) is 36.2 Å². The number of hydrogen-bond acceptors (Lipinski definition) is 2. The molecule has 2 heterocycles. The SMILES string of the molecule is Cc1nccn1Cc1cncc(-c2ccc(Cl)cc2)c1. The summed E-state index contributed by atoms with van der Waals surface area (Å²) < 4.78 is 2.10. The first-order valence-corrected chi connectivity index (χ1v) is 6.78. The molecular weight excluding hydrogens is 270 g/mol. The van der Waals surface area contributed by atoms with E-state index < -0.39 is 0 Å². The molecule has 0 fully saturated rings. The molecular formula is C16H14ClN3. The fraction of sp³-hybridized carbons (Fsp3) is 0.125. The lowest BCUT2D eigenvalue weighted by molar-refractivity contribution is 0.759. The number of pyridine rings is 1. The molecule has 0 radical (unpaired) electrons. The van der Waals surface area contributed by atoms with Crippen molar-refractivity contribution >= 4 is 11.6 Å². The zero-order valence-electron chi connectivity index (χ0n) is 11.1. The Balaban J connectivity index is 1.90. The number of nitrogens with zero attached hydrogens (tertiary/aromatic N) is 3. The van der Waals surface area contributed by atoms with E-state index >= 15 is 0 Å². The molecule has 1 aromatic carbocycles. The van der Waals surface area contributed by atoms with Gasteiger partial charge >= 0.3 is 0 Å². The minimum absolute atomic E-state index is 0.743. The van der Waals surface area contributed by atoms with Gasteiger partial charge in [-0.1, -0.05) is 23.7 Å². The van der Waals surface area contributed by atoms with Crippen LogP contribution in [0, 0.1) is 6.92 Å². The Morgan fingerprint density at radius 3 is 2.60 bits per heavy atom. The average molecular weight is 284 g/mol. The Morgan fingerprint density at radius 1 is 1.10 bits per heavy atom. The third-order valence-corrected chi connectivity index (χ3v) is 3.50. The van der Waals surface area contributed by atoms with E-state index in [4.69, 9.17) is 11.6 Å². The van der Waals surface area contributed by atoms with Crippen LogP contribution in [0.1, 0.15) is 11.4 Å². The van der Waals surface area contributed by atoms with Crippen LogP contribution in [0.15, 0.2) is 55.1 Å². The summed E-state index contributed by atoms with van der Waals surface area (Å²) in [5.74, 6) is 1.00. The fourth-order valence-electron chi connectivity index (χ4n) is 2.14. The standard InChI is InChI=1S/C16H14ClN3/c1-12-19-6-7-20(12)11-13-8-15(10-18-9-13)14-2-4-16(17)5-3-14/h2-10H,11H2,1H3. The predicted octanol–water partition coefficient (Wildman–Crippen LogP) is 3.96. The Bertz CT molecular complexity index is 717. The Hall–Kier alpha value is -2.13. The minimum Gasteiger partial charge on any atom is -0.331 e. The van der Waals surface area contributed by atoms with E-state index in [-0.39, 0.29) is 0 Å². The summed E-state index contributed by atoms with van der Waals surface area (Å²) in [6.07, 6.45) is 7.54. The summed E-state index contributed by atoms with van der Waals surface area (Å²) in [7, 11) is 0. The molecule has 0 unspecified atom stereocenters. The van der Waals surface area contributed by atoms with Crippen molar-refractivity contribution in [2.24, 2.45) is 0 Å². The fourth-order valence-corrected chi connectivity index (χ4v) is 2.27. The molecule has 100 valence electrons. The van der Waals surface area contributed by atoms with Crippen LogP contribution < -0.4 is 0 Å². The molecule has 3 rings (SSSR count).